The predicted octanol–water partition coefficient (Wildman–Crippen LogP) is 6.37. The SMILES string of the molecule is Cc1c(-c2csc(C3Cc4ccccc4CN3)n2)sc2ccc(Cl)cc12. The van der Waals surface area contributed by atoms with Crippen LogP contribution in [0.1, 0.15) is 27.7 Å². The zero-order valence-electron chi connectivity index (χ0n) is 14.3. The Morgan fingerprint density at radius 1 is 1.15 bits per heavy atom. The lowest BCUT2D eigenvalue weighted by atomic mass is 9.96. The number of thiazole rings is 1. The molecule has 5 heteroatoms. The highest BCUT2D eigenvalue weighted by molar-refractivity contribution is 7.22. The molecule has 0 radical (unpaired) electrons. The fourth-order valence-electron chi connectivity index (χ4n) is 3.62. The Morgan fingerprint density at radius 2 is 2.00 bits per heavy atom. The van der Waals surface area contributed by atoms with E-state index in [0.29, 0.717) is 6.04 Å². The van der Waals surface area contributed by atoms with Crippen LogP contribution < -0.4 is 5.32 Å². The summed E-state index contributed by atoms with van der Waals surface area (Å²) in [7, 11) is 0. The predicted molar refractivity (Wildman–Crippen MR) is 112 cm³/mol. The summed E-state index contributed by atoms with van der Waals surface area (Å²) in [4.78, 5) is 6.24. The number of thiophene rings is 1. The van der Waals surface area contributed by atoms with Crippen LogP contribution in [0, 0.1) is 6.92 Å². The van der Waals surface area contributed by atoms with Crippen molar-refractivity contribution in [3.05, 3.63) is 74.6 Å². The van der Waals surface area contributed by atoms with Crippen LogP contribution in [-0.2, 0) is 13.0 Å². The van der Waals surface area contributed by atoms with Crippen LogP contribution in [0.3, 0.4) is 0 Å². The quantitative estimate of drug-likeness (QED) is 0.425. The summed E-state index contributed by atoms with van der Waals surface area (Å²) in [6.45, 7) is 3.08. The van der Waals surface area contributed by atoms with Gasteiger partial charge in [-0.1, -0.05) is 35.9 Å². The number of rotatable bonds is 2. The molecule has 1 atom stereocenters. The Hall–Kier alpha value is -1.72. The summed E-state index contributed by atoms with van der Waals surface area (Å²) in [5.74, 6) is 0. The second kappa shape index (κ2) is 6.46. The smallest absolute Gasteiger partial charge is 0.111 e. The van der Waals surface area contributed by atoms with E-state index in [-0.39, 0.29) is 0 Å². The summed E-state index contributed by atoms with van der Waals surface area (Å²) < 4.78 is 1.26. The van der Waals surface area contributed by atoms with Crippen molar-refractivity contribution in [2.24, 2.45) is 0 Å². The maximum Gasteiger partial charge on any atom is 0.111 e. The monoisotopic (exact) mass is 396 g/mol. The minimum Gasteiger partial charge on any atom is -0.304 e. The van der Waals surface area contributed by atoms with Crippen LogP contribution in [0.2, 0.25) is 5.02 Å². The normalized spacial score (nSPS) is 16.8. The number of aromatic nitrogens is 1. The molecule has 2 aromatic heterocycles. The molecule has 5 rings (SSSR count). The first-order chi connectivity index (χ1) is 12.7. The molecule has 1 unspecified atom stereocenters. The van der Waals surface area contributed by atoms with Crippen molar-refractivity contribution in [2.75, 3.05) is 0 Å². The van der Waals surface area contributed by atoms with Crippen molar-refractivity contribution in [3.8, 4) is 10.6 Å². The topological polar surface area (TPSA) is 24.9 Å². The van der Waals surface area contributed by atoms with Crippen LogP contribution in [-0.4, -0.2) is 4.98 Å². The third-order valence-electron chi connectivity index (χ3n) is 5.03. The average Bonchev–Trinajstić information content (AvgIpc) is 3.27. The lowest BCUT2D eigenvalue weighted by molar-refractivity contribution is 0.497. The molecule has 1 aliphatic rings. The van der Waals surface area contributed by atoms with Gasteiger partial charge in [-0.05, 0) is 53.6 Å². The summed E-state index contributed by atoms with van der Waals surface area (Å²) in [6.07, 6.45) is 1.00. The first-order valence-corrected chi connectivity index (χ1v) is 10.7. The van der Waals surface area contributed by atoms with Gasteiger partial charge in [0.15, 0.2) is 0 Å². The maximum absolute atomic E-state index is 6.18. The van der Waals surface area contributed by atoms with Crippen molar-refractivity contribution in [3.63, 3.8) is 0 Å². The van der Waals surface area contributed by atoms with E-state index in [9.17, 15) is 0 Å². The van der Waals surface area contributed by atoms with Gasteiger partial charge < -0.3 is 5.32 Å². The van der Waals surface area contributed by atoms with Gasteiger partial charge in [0.05, 0.1) is 16.6 Å². The summed E-state index contributed by atoms with van der Waals surface area (Å²) in [6, 6.07) is 15.1. The third kappa shape index (κ3) is 2.78. The minimum atomic E-state index is 0.299. The van der Waals surface area contributed by atoms with Crippen LogP contribution in [0.25, 0.3) is 20.7 Å². The van der Waals surface area contributed by atoms with Gasteiger partial charge in [0.25, 0.3) is 0 Å². The number of hydrogen-bond acceptors (Lipinski definition) is 4. The fourth-order valence-corrected chi connectivity index (χ4v) is 5.90. The Balaban J connectivity index is 1.49. The fraction of sp³-hybridized carbons (Fsp3) is 0.190. The van der Waals surface area contributed by atoms with Gasteiger partial charge in [-0.15, -0.1) is 22.7 Å². The van der Waals surface area contributed by atoms with Gasteiger partial charge in [-0.25, -0.2) is 4.98 Å². The molecule has 0 fully saturated rings. The largest absolute Gasteiger partial charge is 0.304 e. The molecule has 130 valence electrons. The van der Waals surface area contributed by atoms with Gasteiger partial charge in [-0.3, -0.25) is 0 Å². The summed E-state index contributed by atoms with van der Waals surface area (Å²) in [5.41, 5.74) is 5.19. The Kier molecular flexibility index (Phi) is 4.09. The summed E-state index contributed by atoms with van der Waals surface area (Å²) in [5, 5.41) is 9.02. The van der Waals surface area contributed by atoms with Gasteiger partial charge in [0.2, 0.25) is 0 Å². The van der Waals surface area contributed by atoms with E-state index in [0.717, 1.165) is 23.7 Å². The van der Waals surface area contributed by atoms with E-state index < -0.39 is 0 Å². The third-order valence-corrected chi connectivity index (χ3v) is 7.52. The highest BCUT2D eigenvalue weighted by Gasteiger charge is 2.23. The molecule has 1 aliphatic heterocycles. The lowest BCUT2D eigenvalue weighted by Crippen LogP contribution is -2.28. The van der Waals surface area contributed by atoms with Crippen LogP contribution in [0.4, 0.5) is 0 Å². The first-order valence-electron chi connectivity index (χ1n) is 8.63. The Labute approximate surface area is 165 Å². The molecule has 0 aliphatic carbocycles. The van der Waals surface area contributed by atoms with Crippen molar-refractivity contribution >= 4 is 44.4 Å². The molecule has 0 saturated carbocycles. The van der Waals surface area contributed by atoms with E-state index in [1.54, 1.807) is 22.7 Å². The maximum atomic E-state index is 6.18. The van der Waals surface area contributed by atoms with Crippen LogP contribution in [0.5, 0.6) is 0 Å². The van der Waals surface area contributed by atoms with Crippen molar-refractivity contribution in [1.29, 1.82) is 0 Å². The van der Waals surface area contributed by atoms with Crippen LogP contribution in [0.15, 0.2) is 47.8 Å². The zero-order valence-corrected chi connectivity index (χ0v) is 16.6. The van der Waals surface area contributed by atoms with Crippen molar-refractivity contribution in [1.82, 2.24) is 10.3 Å². The molecule has 2 aromatic carbocycles. The Morgan fingerprint density at radius 3 is 2.88 bits per heavy atom. The second-order valence-corrected chi connectivity index (χ2v) is 9.05. The average molecular weight is 397 g/mol. The number of aryl methyl sites for hydroxylation is 1. The van der Waals surface area contributed by atoms with E-state index in [1.807, 2.05) is 6.07 Å². The second-order valence-electron chi connectivity index (χ2n) is 6.67. The van der Waals surface area contributed by atoms with Crippen LogP contribution >= 0.6 is 34.3 Å². The van der Waals surface area contributed by atoms with Gasteiger partial charge >= 0.3 is 0 Å². The lowest BCUT2D eigenvalue weighted by Gasteiger charge is -2.24. The van der Waals surface area contributed by atoms with Gasteiger partial charge in [0.1, 0.15) is 5.01 Å². The van der Waals surface area contributed by atoms with Gasteiger partial charge in [0, 0.05) is 21.6 Å². The molecular weight excluding hydrogens is 380 g/mol. The van der Waals surface area contributed by atoms with E-state index in [4.69, 9.17) is 16.6 Å². The van der Waals surface area contributed by atoms with E-state index in [2.05, 4.69) is 54.0 Å². The number of halogens is 1. The molecule has 0 bridgehead atoms. The minimum absolute atomic E-state index is 0.299. The molecule has 0 amide bonds. The highest BCUT2D eigenvalue weighted by Crippen LogP contribution is 2.40. The molecule has 0 spiro atoms. The molecule has 4 aromatic rings. The molecule has 0 saturated heterocycles. The molecule has 2 nitrogen and oxygen atoms in total. The number of benzene rings is 2. The molecule has 1 N–H and O–H groups in total. The first kappa shape index (κ1) is 16.5. The van der Waals surface area contributed by atoms with Crippen molar-refractivity contribution in [2.45, 2.75) is 25.9 Å². The van der Waals surface area contributed by atoms with Gasteiger partial charge in [-0.2, -0.15) is 0 Å². The number of fused-ring (bicyclic) bond motifs is 2. The summed E-state index contributed by atoms with van der Waals surface area (Å²) >= 11 is 9.73. The Bertz CT molecular complexity index is 1110. The molecular formula is C21H17ClN2S2. The van der Waals surface area contributed by atoms with Crippen molar-refractivity contribution < 1.29 is 0 Å². The number of hydrogen-bond donors (Lipinski definition) is 1. The van der Waals surface area contributed by atoms with E-state index >= 15 is 0 Å². The molecule has 3 heterocycles. The zero-order chi connectivity index (χ0) is 17.7. The standard InChI is InChI=1S/C21H17ClN2S2/c1-12-16-9-15(22)6-7-19(16)26-20(12)18-11-25-21(24-18)17-8-13-4-2-3-5-14(13)10-23-17/h2-7,9,11,17,23H,8,10H2,1H3. The highest BCUT2D eigenvalue weighted by atomic mass is 35.5. The number of nitrogens with one attached hydrogen (secondary N) is 1. The number of nitrogens with zero attached hydrogens (tertiary/aromatic N) is 1. The molecule has 26 heavy (non-hydrogen) atoms. The van der Waals surface area contributed by atoms with E-state index in [1.165, 1.54) is 36.7 Å².